The normalized spacial score (nSPS) is 11.9. The van der Waals surface area contributed by atoms with E-state index >= 15 is 0 Å². The summed E-state index contributed by atoms with van der Waals surface area (Å²) in [7, 11) is 2.83. The van der Waals surface area contributed by atoms with Crippen LogP contribution < -0.4 is 4.74 Å². The fourth-order valence-electron chi connectivity index (χ4n) is 1.13. The van der Waals surface area contributed by atoms with E-state index in [1.54, 1.807) is 0 Å². The molecule has 2 rings (SSSR count). The lowest BCUT2D eigenvalue weighted by atomic mass is 10.7. The zero-order chi connectivity index (χ0) is 11.1. The van der Waals surface area contributed by atoms with Crippen LogP contribution in [0.5, 0.6) is 5.88 Å². The first kappa shape index (κ1) is 10.2. The molecule has 15 heavy (non-hydrogen) atoms. The number of aromatic nitrogens is 3. The van der Waals surface area contributed by atoms with E-state index in [1.165, 1.54) is 30.1 Å². The van der Waals surface area contributed by atoms with E-state index in [-0.39, 0.29) is 10.9 Å². The van der Waals surface area contributed by atoms with E-state index in [1.807, 2.05) is 0 Å². The lowest BCUT2D eigenvalue weighted by Crippen LogP contribution is -1.98. The van der Waals surface area contributed by atoms with E-state index in [0.717, 1.165) is 0 Å². The molecular formula is C7H6ClN3O3S. The van der Waals surface area contributed by atoms with Gasteiger partial charge in [-0.1, -0.05) is 0 Å². The van der Waals surface area contributed by atoms with Gasteiger partial charge in [-0.25, -0.2) is 18.4 Å². The van der Waals surface area contributed by atoms with Crippen LogP contribution in [0.1, 0.15) is 0 Å². The number of methoxy groups -OCH3 is 1. The third-order valence-corrected chi connectivity index (χ3v) is 3.07. The number of rotatable bonds is 2. The molecule has 0 aliphatic heterocycles. The standard InChI is InChI=1S/C7H6ClN3O3S/c1-14-6-4-11-5(2-10-6)9-3-7(11)15(8,12)13/h2-4H,1H3. The molecule has 0 spiro atoms. The van der Waals surface area contributed by atoms with Gasteiger partial charge in [-0.3, -0.25) is 4.40 Å². The fraction of sp³-hybridized carbons (Fsp3) is 0.143. The molecule has 2 heterocycles. The van der Waals surface area contributed by atoms with Crippen molar-refractivity contribution in [2.45, 2.75) is 5.03 Å². The van der Waals surface area contributed by atoms with Crippen LogP contribution in [0.3, 0.4) is 0 Å². The van der Waals surface area contributed by atoms with Crippen molar-refractivity contribution >= 4 is 25.4 Å². The number of ether oxygens (including phenoxy) is 1. The van der Waals surface area contributed by atoms with Gasteiger partial charge >= 0.3 is 0 Å². The molecule has 0 aliphatic carbocycles. The lowest BCUT2D eigenvalue weighted by molar-refractivity contribution is 0.394. The zero-order valence-electron chi connectivity index (χ0n) is 7.58. The van der Waals surface area contributed by atoms with Crippen LogP contribution >= 0.6 is 10.7 Å². The van der Waals surface area contributed by atoms with Gasteiger partial charge in [0, 0.05) is 10.7 Å². The smallest absolute Gasteiger partial charge is 0.278 e. The van der Waals surface area contributed by atoms with Crippen molar-refractivity contribution in [2.24, 2.45) is 0 Å². The number of nitrogens with zero attached hydrogens (tertiary/aromatic N) is 3. The molecule has 6 nitrogen and oxygen atoms in total. The van der Waals surface area contributed by atoms with Gasteiger partial charge in [0.25, 0.3) is 9.05 Å². The fourth-order valence-corrected chi connectivity index (χ4v) is 2.04. The summed E-state index contributed by atoms with van der Waals surface area (Å²) in [5.41, 5.74) is 0.384. The molecule has 8 heteroatoms. The Hall–Kier alpha value is -1.34. The predicted molar refractivity (Wildman–Crippen MR) is 52.6 cm³/mol. The van der Waals surface area contributed by atoms with E-state index in [0.29, 0.717) is 5.65 Å². The summed E-state index contributed by atoms with van der Waals surface area (Å²) >= 11 is 0. The minimum atomic E-state index is -3.82. The monoisotopic (exact) mass is 247 g/mol. The molecule has 2 aromatic rings. The van der Waals surface area contributed by atoms with Crippen molar-refractivity contribution in [3.63, 3.8) is 0 Å². The van der Waals surface area contributed by atoms with Gasteiger partial charge in [0.15, 0.2) is 10.7 Å². The second-order valence-corrected chi connectivity index (χ2v) is 5.20. The first-order chi connectivity index (χ1) is 7.02. The summed E-state index contributed by atoms with van der Waals surface area (Å²) in [5.74, 6) is 0.280. The summed E-state index contributed by atoms with van der Waals surface area (Å²) in [5, 5.41) is -0.111. The Morgan fingerprint density at radius 2 is 2.13 bits per heavy atom. The molecule has 0 unspecified atom stereocenters. The maximum atomic E-state index is 11.2. The number of fused-ring (bicyclic) bond motifs is 1. The van der Waals surface area contributed by atoms with Crippen molar-refractivity contribution in [1.82, 2.24) is 14.4 Å². The minimum Gasteiger partial charge on any atom is -0.480 e. The van der Waals surface area contributed by atoms with Crippen molar-refractivity contribution in [2.75, 3.05) is 7.11 Å². The summed E-state index contributed by atoms with van der Waals surface area (Å²) in [6.07, 6.45) is 3.96. The molecule has 0 saturated heterocycles. The number of hydrogen-bond donors (Lipinski definition) is 0. The summed E-state index contributed by atoms with van der Waals surface area (Å²) < 4.78 is 28.5. The molecule has 0 saturated carbocycles. The Bertz CT molecular complexity index is 607. The first-order valence-electron chi connectivity index (χ1n) is 3.84. The maximum Gasteiger partial charge on any atom is 0.278 e. The first-order valence-corrected chi connectivity index (χ1v) is 6.15. The van der Waals surface area contributed by atoms with Crippen molar-refractivity contribution in [3.05, 3.63) is 18.6 Å². The van der Waals surface area contributed by atoms with Crippen LogP contribution in [0.2, 0.25) is 0 Å². The van der Waals surface area contributed by atoms with E-state index in [9.17, 15) is 8.42 Å². The largest absolute Gasteiger partial charge is 0.480 e. The zero-order valence-corrected chi connectivity index (χ0v) is 9.16. The molecule has 0 bridgehead atoms. The third kappa shape index (κ3) is 1.75. The molecule has 2 aromatic heterocycles. The highest BCUT2D eigenvalue weighted by molar-refractivity contribution is 8.13. The van der Waals surface area contributed by atoms with Gasteiger partial charge in [0.1, 0.15) is 0 Å². The quantitative estimate of drug-likeness (QED) is 0.729. The van der Waals surface area contributed by atoms with Crippen LogP contribution in [0.25, 0.3) is 5.65 Å². The summed E-state index contributed by atoms with van der Waals surface area (Å²) in [4.78, 5) is 7.72. The van der Waals surface area contributed by atoms with Gasteiger partial charge in [0.05, 0.1) is 25.7 Å². The predicted octanol–water partition coefficient (Wildman–Crippen LogP) is 0.665. The average molecular weight is 248 g/mol. The molecule has 80 valence electrons. The summed E-state index contributed by atoms with van der Waals surface area (Å²) in [6, 6.07) is 0. The molecule has 0 N–H and O–H groups in total. The second kappa shape index (κ2) is 3.35. The average Bonchev–Trinajstić information content (AvgIpc) is 2.59. The van der Waals surface area contributed by atoms with Crippen molar-refractivity contribution in [1.29, 1.82) is 0 Å². The molecule has 0 fully saturated rings. The molecule has 0 amide bonds. The van der Waals surface area contributed by atoms with Gasteiger partial charge in [-0.05, 0) is 0 Å². The van der Waals surface area contributed by atoms with Crippen LogP contribution in [0.4, 0.5) is 0 Å². The van der Waals surface area contributed by atoms with Crippen molar-refractivity contribution in [3.8, 4) is 5.88 Å². The van der Waals surface area contributed by atoms with Crippen LogP contribution in [0, 0.1) is 0 Å². The van der Waals surface area contributed by atoms with E-state index < -0.39 is 9.05 Å². The number of hydrogen-bond acceptors (Lipinski definition) is 5. The molecule has 0 aliphatic rings. The highest BCUT2D eigenvalue weighted by atomic mass is 35.7. The Labute approximate surface area is 89.9 Å². The van der Waals surface area contributed by atoms with Crippen LogP contribution in [-0.2, 0) is 9.05 Å². The van der Waals surface area contributed by atoms with E-state index in [2.05, 4.69) is 9.97 Å². The van der Waals surface area contributed by atoms with E-state index in [4.69, 9.17) is 15.4 Å². The van der Waals surface area contributed by atoms with Gasteiger partial charge in [-0.15, -0.1) is 0 Å². The second-order valence-electron chi connectivity index (χ2n) is 2.69. The highest BCUT2D eigenvalue weighted by Gasteiger charge is 2.16. The Morgan fingerprint density at radius 1 is 1.40 bits per heavy atom. The molecule has 0 atom stereocenters. The maximum absolute atomic E-state index is 11.2. The Balaban J connectivity index is 2.78. The van der Waals surface area contributed by atoms with Crippen LogP contribution in [0.15, 0.2) is 23.6 Å². The SMILES string of the molecule is COc1cn2c(S(=O)(=O)Cl)cnc2cn1. The van der Waals surface area contributed by atoms with Crippen molar-refractivity contribution < 1.29 is 13.2 Å². The topological polar surface area (TPSA) is 73.6 Å². The molecule has 0 radical (unpaired) electrons. The van der Waals surface area contributed by atoms with Gasteiger partial charge in [-0.2, -0.15) is 0 Å². The highest BCUT2D eigenvalue weighted by Crippen LogP contribution is 2.18. The summed E-state index contributed by atoms with van der Waals surface area (Å²) in [6.45, 7) is 0. The number of halogens is 1. The Morgan fingerprint density at radius 3 is 2.73 bits per heavy atom. The Kier molecular flexibility index (Phi) is 2.28. The van der Waals surface area contributed by atoms with Gasteiger partial charge in [0.2, 0.25) is 5.88 Å². The number of imidazole rings is 1. The minimum absolute atomic E-state index is 0.111. The van der Waals surface area contributed by atoms with Gasteiger partial charge < -0.3 is 4.74 Å². The lowest BCUT2D eigenvalue weighted by Gasteiger charge is -2.00. The van der Waals surface area contributed by atoms with Crippen LogP contribution in [-0.4, -0.2) is 29.9 Å². The third-order valence-electron chi connectivity index (χ3n) is 1.80. The molecule has 0 aromatic carbocycles. The molecular weight excluding hydrogens is 242 g/mol.